The first-order valence-electron chi connectivity index (χ1n) is 5.47. The van der Waals surface area contributed by atoms with Gasteiger partial charge < -0.3 is 11.1 Å². The summed E-state index contributed by atoms with van der Waals surface area (Å²) in [4.78, 5) is 0. The van der Waals surface area contributed by atoms with E-state index in [0.29, 0.717) is 5.02 Å². The van der Waals surface area contributed by atoms with E-state index < -0.39 is 0 Å². The fourth-order valence-electron chi connectivity index (χ4n) is 1.78. The molecule has 0 amide bonds. The van der Waals surface area contributed by atoms with Crippen molar-refractivity contribution in [2.45, 2.75) is 13.8 Å². The predicted molar refractivity (Wildman–Crippen MR) is 75.1 cm³/mol. The summed E-state index contributed by atoms with van der Waals surface area (Å²) >= 11 is 6.18. The summed E-state index contributed by atoms with van der Waals surface area (Å²) in [7, 11) is 0. The number of aryl methyl sites for hydroxylation is 2. The molecule has 0 bridgehead atoms. The molecule has 17 heavy (non-hydrogen) atoms. The Kier molecular flexibility index (Phi) is 3.25. The third-order valence-corrected chi connectivity index (χ3v) is 3.09. The second-order valence-corrected chi connectivity index (χ2v) is 4.50. The number of hydrogen-bond donors (Lipinski definition) is 2. The van der Waals surface area contributed by atoms with Gasteiger partial charge in [-0.05, 0) is 37.1 Å². The highest BCUT2D eigenvalue weighted by molar-refractivity contribution is 6.33. The molecule has 3 N–H and O–H groups in total. The smallest absolute Gasteiger partial charge is 0.0648 e. The second-order valence-electron chi connectivity index (χ2n) is 4.10. The molecule has 0 heterocycles. The minimum Gasteiger partial charge on any atom is -0.397 e. The third-order valence-electron chi connectivity index (χ3n) is 2.78. The maximum absolute atomic E-state index is 6.18. The molecule has 0 aromatic heterocycles. The zero-order chi connectivity index (χ0) is 12.4. The molecule has 0 aliphatic carbocycles. The number of nitrogens with one attached hydrogen (secondary N) is 1. The molecule has 0 aliphatic heterocycles. The fraction of sp³-hybridized carbons (Fsp3) is 0.143. The van der Waals surface area contributed by atoms with Crippen LogP contribution in [0.1, 0.15) is 11.1 Å². The molecule has 3 heteroatoms. The molecule has 0 saturated heterocycles. The number of anilines is 3. The van der Waals surface area contributed by atoms with Crippen LogP contribution in [0.15, 0.2) is 36.4 Å². The summed E-state index contributed by atoms with van der Waals surface area (Å²) in [6.45, 7) is 4.04. The lowest BCUT2D eigenvalue weighted by molar-refractivity contribution is 1.39. The summed E-state index contributed by atoms with van der Waals surface area (Å²) < 4.78 is 0. The molecule has 2 rings (SSSR count). The molecule has 0 fully saturated rings. The van der Waals surface area contributed by atoms with Gasteiger partial charge in [0.25, 0.3) is 0 Å². The molecule has 2 nitrogen and oxygen atoms in total. The van der Waals surface area contributed by atoms with Crippen molar-refractivity contribution in [1.82, 2.24) is 0 Å². The normalized spacial score (nSPS) is 10.3. The number of rotatable bonds is 2. The first-order valence-corrected chi connectivity index (χ1v) is 5.84. The van der Waals surface area contributed by atoms with Crippen molar-refractivity contribution in [3.63, 3.8) is 0 Å². The van der Waals surface area contributed by atoms with Gasteiger partial charge in [-0.3, -0.25) is 0 Å². The van der Waals surface area contributed by atoms with Gasteiger partial charge in [0.1, 0.15) is 0 Å². The van der Waals surface area contributed by atoms with E-state index >= 15 is 0 Å². The molecule has 2 aromatic rings. The number of halogens is 1. The predicted octanol–water partition coefficient (Wildman–Crippen LogP) is 4.28. The van der Waals surface area contributed by atoms with Crippen molar-refractivity contribution in [2.24, 2.45) is 0 Å². The van der Waals surface area contributed by atoms with Gasteiger partial charge in [0.2, 0.25) is 0 Å². The Balaban J connectivity index is 2.45. The monoisotopic (exact) mass is 246 g/mol. The average molecular weight is 247 g/mol. The molecule has 88 valence electrons. The molecule has 0 saturated carbocycles. The van der Waals surface area contributed by atoms with Crippen LogP contribution in [0, 0.1) is 13.8 Å². The van der Waals surface area contributed by atoms with Crippen LogP contribution in [-0.2, 0) is 0 Å². The van der Waals surface area contributed by atoms with Crippen molar-refractivity contribution in [3.05, 3.63) is 52.5 Å². The lowest BCUT2D eigenvalue weighted by Gasteiger charge is -2.15. The van der Waals surface area contributed by atoms with Crippen LogP contribution in [-0.4, -0.2) is 0 Å². The number of benzene rings is 2. The van der Waals surface area contributed by atoms with E-state index in [1.54, 1.807) is 0 Å². The maximum atomic E-state index is 6.18. The number of nitrogens with two attached hydrogens (primary N) is 1. The van der Waals surface area contributed by atoms with Gasteiger partial charge in [-0.2, -0.15) is 0 Å². The third kappa shape index (κ3) is 2.37. The zero-order valence-electron chi connectivity index (χ0n) is 9.92. The summed E-state index contributed by atoms with van der Waals surface area (Å²) in [6, 6.07) is 11.7. The summed E-state index contributed by atoms with van der Waals surface area (Å²) in [6.07, 6.45) is 0. The summed E-state index contributed by atoms with van der Waals surface area (Å²) in [5, 5.41) is 4.02. The van der Waals surface area contributed by atoms with E-state index in [2.05, 4.69) is 5.32 Å². The average Bonchev–Trinajstić information content (AvgIpc) is 2.27. The van der Waals surface area contributed by atoms with E-state index in [1.165, 1.54) is 0 Å². The quantitative estimate of drug-likeness (QED) is 0.776. The minimum atomic E-state index is 0.702. The Morgan fingerprint density at radius 1 is 0.941 bits per heavy atom. The Labute approximate surface area is 106 Å². The standard InChI is InChI=1S/C14H15ClN2/c1-9-5-3-7-11(15)13(9)17-14-10(2)6-4-8-12(14)16/h3-8,17H,16H2,1-2H3. The van der Waals surface area contributed by atoms with Crippen LogP contribution >= 0.6 is 11.6 Å². The highest BCUT2D eigenvalue weighted by Crippen LogP contribution is 2.32. The van der Waals surface area contributed by atoms with Gasteiger partial charge in [-0.1, -0.05) is 35.9 Å². The Hall–Kier alpha value is -1.67. The first-order chi connectivity index (χ1) is 8.09. The zero-order valence-corrected chi connectivity index (χ0v) is 10.7. The van der Waals surface area contributed by atoms with Gasteiger partial charge in [-0.25, -0.2) is 0 Å². The maximum Gasteiger partial charge on any atom is 0.0648 e. The number of hydrogen-bond acceptors (Lipinski definition) is 2. The molecule has 0 aliphatic rings. The minimum absolute atomic E-state index is 0.702. The molecule has 0 atom stereocenters. The molecule has 0 unspecified atom stereocenters. The van der Waals surface area contributed by atoms with E-state index in [4.69, 9.17) is 17.3 Å². The van der Waals surface area contributed by atoms with Crippen molar-refractivity contribution in [3.8, 4) is 0 Å². The first kappa shape index (κ1) is 11.8. The summed E-state index contributed by atoms with van der Waals surface area (Å²) in [5.74, 6) is 0. The second kappa shape index (κ2) is 4.68. The largest absolute Gasteiger partial charge is 0.397 e. The van der Waals surface area contributed by atoms with Crippen LogP contribution in [0.25, 0.3) is 0 Å². The lowest BCUT2D eigenvalue weighted by Crippen LogP contribution is -2.00. The Morgan fingerprint density at radius 3 is 2.12 bits per heavy atom. The van der Waals surface area contributed by atoms with Crippen LogP contribution in [0.2, 0.25) is 5.02 Å². The Morgan fingerprint density at radius 2 is 1.53 bits per heavy atom. The van der Waals surface area contributed by atoms with Gasteiger partial charge >= 0.3 is 0 Å². The van der Waals surface area contributed by atoms with E-state index in [0.717, 1.165) is 28.2 Å². The topological polar surface area (TPSA) is 38.0 Å². The molecule has 0 radical (unpaired) electrons. The van der Waals surface area contributed by atoms with Crippen molar-refractivity contribution in [2.75, 3.05) is 11.1 Å². The van der Waals surface area contributed by atoms with Crippen molar-refractivity contribution < 1.29 is 0 Å². The van der Waals surface area contributed by atoms with Gasteiger partial charge in [-0.15, -0.1) is 0 Å². The van der Waals surface area contributed by atoms with Gasteiger partial charge in [0.15, 0.2) is 0 Å². The van der Waals surface area contributed by atoms with E-state index in [1.807, 2.05) is 50.2 Å². The molecular formula is C14H15ClN2. The van der Waals surface area contributed by atoms with Crippen LogP contribution < -0.4 is 11.1 Å². The van der Waals surface area contributed by atoms with Crippen molar-refractivity contribution in [1.29, 1.82) is 0 Å². The SMILES string of the molecule is Cc1cccc(N)c1Nc1c(C)cccc1Cl. The lowest BCUT2D eigenvalue weighted by atomic mass is 10.1. The molecule has 2 aromatic carbocycles. The number of nitrogen functional groups attached to an aromatic ring is 1. The van der Waals surface area contributed by atoms with Crippen LogP contribution in [0.5, 0.6) is 0 Å². The highest BCUT2D eigenvalue weighted by Gasteiger charge is 2.07. The summed E-state index contributed by atoms with van der Waals surface area (Å²) in [5.41, 5.74) is 10.7. The van der Waals surface area contributed by atoms with E-state index in [-0.39, 0.29) is 0 Å². The fourth-order valence-corrected chi connectivity index (χ4v) is 2.05. The van der Waals surface area contributed by atoms with Crippen LogP contribution in [0.4, 0.5) is 17.1 Å². The number of para-hydroxylation sites is 2. The van der Waals surface area contributed by atoms with Gasteiger partial charge in [0, 0.05) is 0 Å². The molecular weight excluding hydrogens is 232 g/mol. The highest BCUT2D eigenvalue weighted by atomic mass is 35.5. The van der Waals surface area contributed by atoms with Crippen molar-refractivity contribution >= 4 is 28.7 Å². The van der Waals surface area contributed by atoms with Gasteiger partial charge in [0.05, 0.1) is 22.1 Å². The Bertz CT molecular complexity index is 460. The van der Waals surface area contributed by atoms with Crippen LogP contribution in [0.3, 0.4) is 0 Å². The molecule has 0 spiro atoms. The van der Waals surface area contributed by atoms with E-state index in [9.17, 15) is 0 Å².